The number of amides is 1. The lowest BCUT2D eigenvalue weighted by Crippen LogP contribution is -2.47. The number of carbonyl (C=O) groups is 1. The molecule has 3 heteroatoms. The zero-order chi connectivity index (χ0) is 13.7. The van der Waals surface area contributed by atoms with Crippen molar-refractivity contribution in [2.24, 2.45) is 0 Å². The molecule has 0 heterocycles. The molecule has 1 aliphatic rings. The number of aryl methyl sites for hydroxylation is 1. The average molecular weight is 256 g/mol. The normalized spacial score (nSPS) is 18.1. The molecule has 0 bridgehead atoms. The Morgan fingerprint density at radius 2 is 1.74 bits per heavy atom. The van der Waals surface area contributed by atoms with Crippen molar-refractivity contribution >= 4 is 5.91 Å². The Morgan fingerprint density at radius 1 is 1.16 bits per heavy atom. The summed E-state index contributed by atoms with van der Waals surface area (Å²) in [6.45, 7) is 1.99. The van der Waals surface area contributed by atoms with E-state index in [0.29, 0.717) is 5.56 Å². The van der Waals surface area contributed by atoms with E-state index in [-0.39, 0.29) is 5.91 Å². The molecule has 1 fully saturated rings. The minimum absolute atomic E-state index is 0.136. The van der Waals surface area contributed by atoms with Crippen LogP contribution in [0.2, 0.25) is 0 Å². The molecule has 1 amide bonds. The van der Waals surface area contributed by atoms with Gasteiger partial charge in [-0.2, -0.15) is 5.26 Å². The van der Waals surface area contributed by atoms with Crippen LogP contribution >= 0.6 is 0 Å². The zero-order valence-electron chi connectivity index (χ0n) is 11.4. The Bertz CT molecular complexity index is 476. The summed E-state index contributed by atoms with van der Waals surface area (Å²) in [7, 11) is 0. The van der Waals surface area contributed by atoms with Gasteiger partial charge in [0, 0.05) is 5.56 Å². The van der Waals surface area contributed by atoms with Gasteiger partial charge in [-0.3, -0.25) is 4.79 Å². The van der Waals surface area contributed by atoms with Gasteiger partial charge in [0.15, 0.2) is 0 Å². The molecular weight excluding hydrogens is 236 g/mol. The second-order valence-corrected chi connectivity index (χ2v) is 5.43. The summed E-state index contributed by atoms with van der Waals surface area (Å²) < 4.78 is 0. The Hall–Kier alpha value is -1.82. The molecular formula is C16H20N2O. The number of nitriles is 1. The van der Waals surface area contributed by atoms with Crippen LogP contribution in [0.4, 0.5) is 0 Å². The van der Waals surface area contributed by atoms with E-state index in [9.17, 15) is 10.1 Å². The molecule has 1 aromatic rings. The summed E-state index contributed by atoms with van der Waals surface area (Å²) in [5, 5.41) is 12.4. The summed E-state index contributed by atoms with van der Waals surface area (Å²) in [6, 6.07) is 9.80. The van der Waals surface area contributed by atoms with Crippen LogP contribution in [0, 0.1) is 18.3 Å². The van der Waals surface area contributed by atoms with Crippen molar-refractivity contribution in [1.29, 1.82) is 5.26 Å². The zero-order valence-corrected chi connectivity index (χ0v) is 11.4. The fourth-order valence-electron chi connectivity index (χ4n) is 2.59. The van der Waals surface area contributed by atoms with Crippen molar-refractivity contribution in [2.75, 3.05) is 0 Å². The highest BCUT2D eigenvalue weighted by Crippen LogP contribution is 2.26. The van der Waals surface area contributed by atoms with Gasteiger partial charge in [-0.25, -0.2) is 0 Å². The van der Waals surface area contributed by atoms with Gasteiger partial charge >= 0.3 is 0 Å². The lowest BCUT2D eigenvalue weighted by Gasteiger charge is -2.26. The molecule has 0 aromatic heterocycles. The number of hydrogen-bond donors (Lipinski definition) is 1. The monoisotopic (exact) mass is 256 g/mol. The van der Waals surface area contributed by atoms with Crippen molar-refractivity contribution < 1.29 is 4.79 Å². The molecule has 100 valence electrons. The van der Waals surface area contributed by atoms with Gasteiger partial charge < -0.3 is 5.32 Å². The molecule has 1 saturated carbocycles. The highest BCUT2D eigenvalue weighted by molar-refractivity contribution is 5.95. The van der Waals surface area contributed by atoms with E-state index in [2.05, 4.69) is 11.4 Å². The SMILES string of the molecule is Cc1ccc(C(=O)NC2(C#N)CCCCCC2)cc1. The van der Waals surface area contributed by atoms with Gasteiger partial charge in [0.2, 0.25) is 0 Å². The number of rotatable bonds is 2. The maximum atomic E-state index is 12.2. The number of benzene rings is 1. The van der Waals surface area contributed by atoms with Crippen LogP contribution in [-0.4, -0.2) is 11.4 Å². The maximum absolute atomic E-state index is 12.2. The van der Waals surface area contributed by atoms with Crippen molar-refractivity contribution in [3.8, 4) is 6.07 Å². The molecule has 0 aliphatic heterocycles. The summed E-state index contributed by atoms with van der Waals surface area (Å²) in [5.74, 6) is -0.136. The van der Waals surface area contributed by atoms with Crippen LogP contribution in [0.3, 0.4) is 0 Å². The Kier molecular flexibility index (Phi) is 4.21. The predicted octanol–water partition coefficient (Wildman–Crippen LogP) is 3.34. The summed E-state index contributed by atoms with van der Waals surface area (Å²) in [4.78, 5) is 12.2. The smallest absolute Gasteiger partial charge is 0.252 e. The lowest BCUT2D eigenvalue weighted by molar-refractivity contribution is 0.0913. The fraction of sp³-hybridized carbons (Fsp3) is 0.500. The van der Waals surface area contributed by atoms with Gasteiger partial charge in [-0.1, -0.05) is 43.4 Å². The molecule has 2 rings (SSSR count). The van der Waals surface area contributed by atoms with Gasteiger partial charge in [0.05, 0.1) is 6.07 Å². The third-order valence-corrected chi connectivity index (χ3v) is 3.84. The van der Waals surface area contributed by atoms with Gasteiger partial charge in [-0.05, 0) is 31.9 Å². The lowest BCUT2D eigenvalue weighted by atomic mass is 9.91. The third kappa shape index (κ3) is 3.35. The molecule has 0 spiro atoms. The van der Waals surface area contributed by atoms with Crippen LogP contribution in [0.15, 0.2) is 24.3 Å². The molecule has 0 radical (unpaired) electrons. The van der Waals surface area contributed by atoms with Gasteiger partial charge in [0.25, 0.3) is 5.91 Å². The third-order valence-electron chi connectivity index (χ3n) is 3.84. The first-order valence-corrected chi connectivity index (χ1v) is 6.96. The first kappa shape index (κ1) is 13.6. The molecule has 0 unspecified atom stereocenters. The van der Waals surface area contributed by atoms with Crippen molar-refractivity contribution in [2.45, 2.75) is 51.0 Å². The second-order valence-electron chi connectivity index (χ2n) is 5.43. The Labute approximate surface area is 114 Å². The Morgan fingerprint density at radius 3 is 2.26 bits per heavy atom. The van der Waals surface area contributed by atoms with E-state index in [0.717, 1.165) is 44.1 Å². The minimum atomic E-state index is -0.668. The van der Waals surface area contributed by atoms with E-state index in [4.69, 9.17) is 0 Å². The molecule has 1 aromatic carbocycles. The molecule has 1 N–H and O–H groups in total. The summed E-state index contributed by atoms with van der Waals surface area (Å²) >= 11 is 0. The largest absolute Gasteiger partial charge is 0.334 e. The number of hydrogen-bond acceptors (Lipinski definition) is 2. The van der Waals surface area contributed by atoms with E-state index in [1.54, 1.807) is 0 Å². The van der Waals surface area contributed by atoms with Crippen LogP contribution in [0.1, 0.15) is 54.4 Å². The van der Waals surface area contributed by atoms with E-state index in [1.807, 2.05) is 31.2 Å². The average Bonchev–Trinajstić information content (AvgIpc) is 2.65. The van der Waals surface area contributed by atoms with Crippen molar-refractivity contribution in [3.63, 3.8) is 0 Å². The maximum Gasteiger partial charge on any atom is 0.252 e. The van der Waals surface area contributed by atoms with Crippen LogP contribution in [-0.2, 0) is 0 Å². The topological polar surface area (TPSA) is 52.9 Å². The van der Waals surface area contributed by atoms with Crippen LogP contribution in [0.5, 0.6) is 0 Å². The molecule has 1 aliphatic carbocycles. The minimum Gasteiger partial charge on any atom is -0.334 e. The number of carbonyl (C=O) groups excluding carboxylic acids is 1. The summed E-state index contributed by atoms with van der Waals surface area (Å²) in [5.41, 5.74) is 1.09. The Balaban J connectivity index is 2.11. The quantitative estimate of drug-likeness (QED) is 0.825. The van der Waals surface area contributed by atoms with Crippen LogP contribution in [0.25, 0.3) is 0 Å². The highest BCUT2D eigenvalue weighted by atomic mass is 16.1. The standard InChI is InChI=1S/C16H20N2O/c1-13-6-8-14(9-7-13)15(19)18-16(12-17)10-4-2-3-5-11-16/h6-9H,2-5,10-11H2,1H3,(H,18,19). The van der Waals surface area contributed by atoms with Gasteiger partial charge in [-0.15, -0.1) is 0 Å². The van der Waals surface area contributed by atoms with E-state index >= 15 is 0 Å². The van der Waals surface area contributed by atoms with Crippen molar-refractivity contribution in [1.82, 2.24) is 5.32 Å². The first-order chi connectivity index (χ1) is 9.15. The number of nitrogens with one attached hydrogen (secondary N) is 1. The molecule has 19 heavy (non-hydrogen) atoms. The first-order valence-electron chi connectivity index (χ1n) is 6.96. The predicted molar refractivity (Wildman–Crippen MR) is 74.7 cm³/mol. The molecule has 0 saturated heterocycles. The van der Waals surface area contributed by atoms with E-state index in [1.165, 1.54) is 0 Å². The van der Waals surface area contributed by atoms with Crippen LogP contribution < -0.4 is 5.32 Å². The summed E-state index contributed by atoms with van der Waals surface area (Å²) in [6.07, 6.45) is 5.87. The highest BCUT2D eigenvalue weighted by Gasteiger charge is 2.32. The van der Waals surface area contributed by atoms with E-state index < -0.39 is 5.54 Å². The number of nitrogens with zero attached hydrogens (tertiary/aromatic N) is 1. The fourth-order valence-corrected chi connectivity index (χ4v) is 2.59. The van der Waals surface area contributed by atoms with Crippen molar-refractivity contribution in [3.05, 3.63) is 35.4 Å². The molecule has 0 atom stereocenters. The second kappa shape index (κ2) is 5.88. The van der Waals surface area contributed by atoms with Gasteiger partial charge in [0.1, 0.15) is 5.54 Å². The molecule has 3 nitrogen and oxygen atoms in total.